The van der Waals surface area contributed by atoms with Crippen LogP contribution >= 0.6 is 0 Å². The number of hydrogen-bond acceptors (Lipinski definition) is 4. The van der Waals surface area contributed by atoms with Crippen LogP contribution in [0.15, 0.2) is 12.4 Å². The van der Waals surface area contributed by atoms with E-state index in [-0.39, 0.29) is 5.91 Å². The highest BCUT2D eigenvalue weighted by Crippen LogP contribution is 2.19. The zero-order chi connectivity index (χ0) is 17.3. The second-order valence-electron chi connectivity index (χ2n) is 6.52. The topological polar surface area (TPSA) is 68.0 Å². The maximum atomic E-state index is 12.8. The van der Waals surface area contributed by atoms with E-state index in [1.54, 1.807) is 11.1 Å². The number of hydrogen-bond donors (Lipinski definition) is 1. The zero-order valence-electron chi connectivity index (χ0n) is 14.9. The van der Waals surface area contributed by atoms with E-state index in [1.807, 2.05) is 29.5 Å². The lowest BCUT2D eigenvalue weighted by atomic mass is 10.1. The molecule has 7 nitrogen and oxygen atoms in total. The van der Waals surface area contributed by atoms with Crippen LogP contribution in [0.4, 0.5) is 0 Å². The Bertz CT molecular complexity index is 732. The summed E-state index contributed by atoms with van der Waals surface area (Å²) in [6, 6.07) is 0.297. The van der Waals surface area contributed by atoms with Crippen LogP contribution in [0.1, 0.15) is 53.6 Å². The van der Waals surface area contributed by atoms with Gasteiger partial charge in [-0.15, -0.1) is 0 Å². The average Bonchev–Trinajstić information content (AvgIpc) is 3.17. The van der Waals surface area contributed by atoms with E-state index in [0.717, 1.165) is 37.3 Å². The molecule has 1 unspecified atom stereocenters. The highest BCUT2D eigenvalue weighted by molar-refractivity contribution is 5.94. The zero-order valence-corrected chi connectivity index (χ0v) is 14.9. The minimum atomic E-state index is 0.00534. The first kappa shape index (κ1) is 16.7. The van der Waals surface area contributed by atoms with E-state index in [0.29, 0.717) is 18.2 Å². The van der Waals surface area contributed by atoms with Gasteiger partial charge in [-0.1, -0.05) is 6.92 Å². The molecule has 0 aliphatic carbocycles. The Hall–Kier alpha value is -2.15. The molecule has 2 aromatic heterocycles. The van der Waals surface area contributed by atoms with Crippen molar-refractivity contribution < 1.29 is 4.79 Å². The molecule has 3 heterocycles. The first-order valence-electron chi connectivity index (χ1n) is 8.56. The van der Waals surface area contributed by atoms with Gasteiger partial charge < -0.3 is 10.2 Å². The van der Waals surface area contributed by atoms with Gasteiger partial charge >= 0.3 is 0 Å². The first-order valence-corrected chi connectivity index (χ1v) is 8.56. The standard InChI is InChI=1S/C17H26N6O/c1-5-12(2)23-13(3)15(9-20-23)17(24)21(4)11-14-8-19-22-7-6-18-10-16(14)22/h8-9,12,18H,5-7,10-11H2,1-4H3. The SMILES string of the molecule is CCC(C)n1ncc(C(=O)N(C)Cc2cnn3c2CNCC3)c1C. The van der Waals surface area contributed by atoms with Crippen molar-refractivity contribution in [1.29, 1.82) is 0 Å². The number of nitrogens with one attached hydrogen (secondary N) is 1. The van der Waals surface area contributed by atoms with Crippen molar-refractivity contribution in [2.45, 2.75) is 52.9 Å². The summed E-state index contributed by atoms with van der Waals surface area (Å²) in [4.78, 5) is 14.6. The van der Waals surface area contributed by atoms with Gasteiger partial charge in [0.2, 0.25) is 0 Å². The lowest BCUT2D eigenvalue weighted by molar-refractivity contribution is 0.0783. The fourth-order valence-corrected chi connectivity index (χ4v) is 3.15. The van der Waals surface area contributed by atoms with Gasteiger partial charge in [-0.2, -0.15) is 10.2 Å². The van der Waals surface area contributed by atoms with E-state index in [9.17, 15) is 4.79 Å². The molecule has 0 aromatic carbocycles. The summed E-state index contributed by atoms with van der Waals surface area (Å²) in [6.45, 7) is 9.39. The van der Waals surface area contributed by atoms with Crippen LogP contribution in [0.2, 0.25) is 0 Å². The van der Waals surface area contributed by atoms with E-state index in [4.69, 9.17) is 0 Å². The van der Waals surface area contributed by atoms with Gasteiger partial charge in [0.1, 0.15) is 0 Å². The lowest BCUT2D eigenvalue weighted by Gasteiger charge is -2.20. The van der Waals surface area contributed by atoms with Gasteiger partial charge in [-0.05, 0) is 20.3 Å². The Morgan fingerprint density at radius 2 is 2.21 bits per heavy atom. The molecule has 130 valence electrons. The van der Waals surface area contributed by atoms with Gasteiger partial charge in [0, 0.05) is 44.0 Å². The van der Waals surface area contributed by atoms with Gasteiger partial charge in [-0.3, -0.25) is 14.2 Å². The highest BCUT2D eigenvalue weighted by Gasteiger charge is 2.22. The monoisotopic (exact) mass is 330 g/mol. The Labute approximate surface area is 142 Å². The molecule has 1 aliphatic heterocycles. The molecule has 24 heavy (non-hydrogen) atoms. The summed E-state index contributed by atoms with van der Waals surface area (Å²) < 4.78 is 3.96. The fourth-order valence-electron chi connectivity index (χ4n) is 3.15. The average molecular weight is 330 g/mol. The van der Waals surface area contributed by atoms with Crippen LogP contribution in [0.3, 0.4) is 0 Å². The van der Waals surface area contributed by atoms with Gasteiger partial charge in [0.05, 0.1) is 30.2 Å². The summed E-state index contributed by atoms with van der Waals surface area (Å²) in [5.74, 6) is 0.00534. The molecule has 1 atom stereocenters. The molecule has 0 radical (unpaired) electrons. The lowest BCUT2D eigenvalue weighted by Crippen LogP contribution is -2.31. The molecule has 0 saturated carbocycles. The van der Waals surface area contributed by atoms with Gasteiger partial charge in [-0.25, -0.2) is 0 Å². The number of aromatic nitrogens is 4. The number of fused-ring (bicyclic) bond motifs is 1. The van der Waals surface area contributed by atoms with Gasteiger partial charge in [0.15, 0.2) is 0 Å². The molecule has 3 rings (SSSR count). The molecular formula is C17H26N6O. The first-order chi connectivity index (χ1) is 11.5. The van der Waals surface area contributed by atoms with Crippen LogP contribution < -0.4 is 5.32 Å². The molecule has 0 spiro atoms. The molecule has 0 fully saturated rings. The Balaban J connectivity index is 1.76. The van der Waals surface area contributed by atoms with Crippen molar-refractivity contribution in [3.63, 3.8) is 0 Å². The predicted octanol–water partition coefficient (Wildman–Crippen LogP) is 1.73. The summed E-state index contributed by atoms with van der Waals surface area (Å²) in [6.07, 6.45) is 4.55. The molecule has 0 bridgehead atoms. The predicted molar refractivity (Wildman–Crippen MR) is 91.7 cm³/mol. The third kappa shape index (κ3) is 2.96. The van der Waals surface area contributed by atoms with Crippen LogP contribution in [0.25, 0.3) is 0 Å². The van der Waals surface area contributed by atoms with E-state index in [2.05, 4.69) is 29.4 Å². The largest absolute Gasteiger partial charge is 0.337 e. The van der Waals surface area contributed by atoms with Crippen molar-refractivity contribution in [2.75, 3.05) is 13.6 Å². The number of carbonyl (C=O) groups is 1. The maximum Gasteiger partial charge on any atom is 0.257 e. The number of nitrogens with zero attached hydrogens (tertiary/aromatic N) is 5. The minimum Gasteiger partial charge on any atom is -0.337 e. The van der Waals surface area contributed by atoms with E-state index in [1.165, 1.54) is 5.69 Å². The van der Waals surface area contributed by atoms with Crippen molar-refractivity contribution in [2.24, 2.45) is 0 Å². The molecular weight excluding hydrogens is 304 g/mol. The number of amides is 1. The van der Waals surface area contributed by atoms with Gasteiger partial charge in [0.25, 0.3) is 5.91 Å². The molecule has 2 aromatic rings. The Morgan fingerprint density at radius 3 is 2.96 bits per heavy atom. The smallest absolute Gasteiger partial charge is 0.257 e. The normalized spacial score (nSPS) is 15.2. The summed E-state index contributed by atoms with van der Waals surface area (Å²) in [5.41, 5.74) is 3.88. The molecule has 1 aliphatic rings. The second kappa shape index (κ2) is 6.76. The molecule has 1 amide bonds. The van der Waals surface area contributed by atoms with Crippen LogP contribution in [0.5, 0.6) is 0 Å². The third-order valence-electron chi connectivity index (χ3n) is 4.87. The quantitative estimate of drug-likeness (QED) is 0.907. The fraction of sp³-hybridized carbons (Fsp3) is 0.588. The third-order valence-corrected chi connectivity index (χ3v) is 4.87. The van der Waals surface area contributed by atoms with Crippen molar-refractivity contribution >= 4 is 5.91 Å². The van der Waals surface area contributed by atoms with Crippen LogP contribution in [0, 0.1) is 6.92 Å². The maximum absolute atomic E-state index is 12.8. The molecule has 0 saturated heterocycles. The summed E-state index contributed by atoms with van der Waals surface area (Å²) >= 11 is 0. The molecule has 1 N–H and O–H groups in total. The highest BCUT2D eigenvalue weighted by atomic mass is 16.2. The summed E-state index contributed by atoms with van der Waals surface area (Å²) in [5, 5.41) is 12.2. The van der Waals surface area contributed by atoms with Crippen molar-refractivity contribution in [3.8, 4) is 0 Å². The Morgan fingerprint density at radius 1 is 1.42 bits per heavy atom. The minimum absolute atomic E-state index is 0.00534. The van der Waals surface area contributed by atoms with Crippen LogP contribution in [-0.2, 0) is 19.6 Å². The number of carbonyl (C=O) groups excluding carboxylic acids is 1. The van der Waals surface area contributed by atoms with Crippen molar-refractivity contribution in [1.82, 2.24) is 29.8 Å². The Kier molecular flexibility index (Phi) is 4.71. The van der Waals surface area contributed by atoms with E-state index >= 15 is 0 Å². The van der Waals surface area contributed by atoms with Crippen molar-refractivity contribution in [3.05, 3.63) is 34.9 Å². The van der Waals surface area contributed by atoms with E-state index < -0.39 is 0 Å². The number of rotatable bonds is 5. The molecule has 7 heteroatoms. The van der Waals surface area contributed by atoms with Crippen LogP contribution in [-0.4, -0.2) is 44.0 Å². The second-order valence-corrected chi connectivity index (χ2v) is 6.52. The summed E-state index contributed by atoms with van der Waals surface area (Å²) in [7, 11) is 1.84.